The smallest absolute Gasteiger partial charge is 0.338 e. The van der Waals surface area contributed by atoms with E-state index in [1.54, 1.807) is 0 Å². The molecule has 0 spiro atoms. The van der Waals surface area contributed by atoms with Crippen LogP contribution < -0.4 is 0 Å². The van der Waals surface area contributed by atoms with E-state index < -0.39 is 17.9 Å². The van der Waals surface area contributed by atoms with Crippen LogP contribution in [0.2, 0.25) is 0 Å². The summed E-state index contributed by atoms with van der Waals surface area (Å²) in [6.07, 6.45) is 2.69. The predicted octanol–water partition coefficient (Wildman–Crippen LogP) is -0.559. The van der Waals surface area contributed by atoms with Gasteiger partial charge >= 0.3 is 11.9 Å². The van der Waals surface area contributed by atoms with Crippen molar-refractivity contribution in [2.75, 3.05) is 0 Å². The average Bonchev–Trinajstić information content (AvgIpc) is 1.88. The molecule has 52 valence electrons. The van der Waals surface area contributed by atoms with E-state index >= 15 is 0 Å². The molecule has 4 heteroatoms. The lowest BCUT2D eigenvalue weighted by Crippen LogP contribution is -2.24. The molecule has 0 amide bonds. The van der Waals surface area contributed by atoms with Crippen LogP contribution >= 0.6 is 0 Å². The van der Waals surface area contributed by atoms with Crippen molar-refractivity contribution in [2.45, 2.75) is 0 Å². The van der Waals surface area contributed by atoms with Crippen LogP contribution in [0.25, 0.3) is 0 Å². The molecule has 0 radical (unpaired) electrons. The topological polar surface area (TPSA) is 60.4 Å². The fourth-order valence-corrected chi connectivity index (χ4v) is 0.563. The van der Waals surface area contributed by atoms with Crippen molar-refractivity contribution in [1.29, 1.82) is 0 Å². The maximum absolute atomic E-state index is 10.5. The number of carbonyl (C=O) groups excluding carboxylic acids is 3. The molecule has 1 rings (SSSR count). The Kier molecular flexibility index (Phi) is 1.62. The molecule has 0 aliphatic carbocycles. The minimum atomic E-state index is -0.905. The summed E-state index contributed by atoms with van der Waals surface area (Å²) in [4.78, 5) is 30.8. The lowest BCUT2D eigenvalue weighted by molar-refractivity contribution is -0.159. The van der Waals surface area contributed by atoms with Crippen LogP contribution in [0.15, 0.2) is 12.2 Å². The molecule has 0 aromatic carbocycles. The van der Waals surface area contributed by atoms with Crippen molar-refractivity contribution >= 4 is 18.2 Å². The first-order valence-corrected chi connectivity index (χ1v) is 2.63. The maximum Gasteiger partial charge on any atom is 0.338 e. The summed E-state index contributed by atoms with van der Waals surface area (Å²) in [5.74, 6) is -2.43. The molecule has 1 aliphatic heterocycles. The summed E-state index contributed by atoms with van der Waals surface area (Å²) in [5, 5.41) is 0. The van der Waals surface area contributed by atoms with Gasteiger partial charge in [-0.05, 0) is 0 Å². The molecule has 0 saturated heterocycles. The van der Waals surface area contributed by atoms with E-state index in [1.807, 2.05) is 0 Å². The van der Waals surface area contributed by atoms with Gasteiger partial charge in [0, 0.05) is 6.08 Å². The fraction of sp³-hybridized carbons (Fsp3) is 0.167. The molecule has 0 saturated carbocycles. The highest BCUT2D eigenvalue weighted by atomic mass is 16.6. The average molecular weight is 140 g/mol. The normalized spacial score (nSPS) is 24.2. The molecule has 1 unspecified atom stereocenters. The Labute approximate surface area is 56.5 Å². The summed E-state index contributed by atoms with van der Waals surface area (Å²) >= 11 is 0. The van der Waals surface area contributed by atoms with Gasteiger partial charge < -0.3 is 9.53 Å². The van der Waals surface area contributed by atoms with E-state index in [4.69, 9.17) is 0 Å². The van der Waals surface area contributed by atoms with Gasteiger partial charge in [-0.2, -0.15) is 0 Å². The second-order valence-corrected chi connectivity index (χ2v) is 1.76. The van der Waals surface area contributed by atoms with Crippen LogP contribution in [0, 0.1) is 5.92 Å². The Morgan fingerprint density at radius 1 is 1.50 bits per heavy atom. The molecule has 0 N–H and O–H groups in total. The molecule has 10 heavy (non-hydrogen) atoms. The number of hydrogen-bond donors (Lipinski definition) is 0. The Balaban J connectivity index is 2.81. The Bertz CT molecular complexity index is 216. The van der Waals surface area contributed by atoms with Crippen LogP contribution in [0.5, 0.6) is 0 Å². The van der Waals surface area contributed by atoms with Crippen LogP contribution in [0.1, 0.15) is 0 Å². The second-order valence-electron chi connectivity index (χ2n) is 1.76. The monoisotopic (exact) mass is 140 g/mol. The summed E-state index contributed by atoms with van der Waals surface area (Å²) < 4.78 is 4.09. The largest absolute Gasteiger partial charge is 0.389 e. The minimum Gasteiger partial charge on any atom is -0.389 e. The molecule has 0 fully saturated rings. The van der Waals surface area contributed by atoms with Crippen LogP contribution in [-0.2, 0) is 19.1 Å². The number of ether oxygens (including phenoxy) is 1. The summed E-state index contributed by atoms with van der Waals surface area (Å²) in [6, 6.07) is 0. The Hall–Kier alpha value is -1.45. The molecule has 1 aliphatic rings. The van der Waals surface area contributed by atoms with E-state index in [0.29, 0.717) is 6.29 Å². The SMILES string of the molecule is O=CC1C=CC(=O)OC1=O. The van der Waals surface area contributed by atoms with Crippen molar-refractivity contribution < 1.29 is 19.1 Å². The third kappa shape index (κ3) is 1.10. The van der Waals surface area contributed by atoms with Crippen LogP contribution in [0.4, 0.5) is 0 Å². The molecule has 1 atom stereocenters. The number of hydrogen-bond acceptors (Lipinski definition) is 4. The van der Waals surface area contributed by atoms with Gasteiger partial charge in [-0.1, -0.05) is 6.08 Å². The predicted molar refractivity (Wildman–Crippen MR) is 29.8 cm³/mol. The fourth-order valence-electron chi connectivity index (χ4n) is 0.563. The number of carbonyl (C=O) groups is 3. The van der Waals surface area contributed by atoms with Gasteiger partial charge in [-0.15, -0.1) is 0 Å². The van der Waals surface area contributed by atoms with Gasteiger partial charge in [-0.25, -0.2) is 4.79 Å². The first-order valence-electron chi connectivity index (χ1n) is 2.63. The van der Waals surface area contributed by atoms with E-state index in [1.165, 1.54) is 6.08 Å². The third-order valence-corrected chi connectivity index (χ3v) is 1.06. The van der Waals surface area contributed by atoms with Gasteiger partial charge in [0.25, 0.3) is 0 Å². The molecular formula is C6H4O4. The molecule has 0 aromatic heterocycles. The summed E-state index contributed by atoms with van der Waals surface area (Å²) in [6.45, 7) is 0. The molecule has 4 nitrogen and oxygen atoms in total. The number of aldehydes is 1. The lowest BCUT2D eigenvalue weighted by atomic mass is 10.1. The van der Waals surface area contributed by atoms with Gasteiger partial charge in [0.05, 0.1) is 0 Å². The van der Waals surface area contributed by atoms with Crippen LogP contribution in [-0.4, -0.2) is 18.2 Å². The minimum absolute atomic E-state index is 0.422. The van der Waals surface area contributed by atoms with E-state index in [2.05, 4.69) is 4.74 Å². The van der Waals surface area contributed by atoms with Crippen LogP contribution in [0.3, 0.4) is 0 Å². The van der Waals surface area contributed by atoms with E-state index in [0.717, 1.165) is 6.08 Å². The summed E-state index contributed by atoms with van der Waals surface area (Å²) in [5.41, 5.74) is 0. The maximum atomic E-state index is 10.5. The van der Waals surface area contributed by atoms with E-state index in [-0.39, 0.29) is 0 Å². The first kappa shape index (κ1) is 6.67. The van der Waals surface area contributed by atoms with Gasteiger partial charge in [0.2, 0.25) is 0 Å². The number of esters is 2. The van der Waals surface area contributed by atoms with Crippen molar-refractivity contribution in [1.82, 2.24) is 0 Å². The van der Waals surface area contributed by atoms with Gasteiger partial charge in [-0.3, -0.25) is 4.79 Å². The molecular weight excluding hydrogens is 136 g/mol. The molecule has 0 aromatic rings. The van der Waals surface area contributed by atoms with Crippen molar-refractivity contribution in [3.63, 3.8) is 0 Å². The number of cyclic esters (lactones) is 2. The first-order chi connectivity index (χ1) is 4.74. The van der Waals surface area contributed by atoms with Gasteiger partial charge in [0.15, 0.2) is 0 Å². The zero-order valence-corrected chi connectivity index (χ0v) is 4.94. The quantitative estimate of drug-likeness (QED) is 0.278. The Morgan fingerprint density at radius 2 is 2.20 bits per heavy atom. The Morgan fingerprint density at radius 3 is 2.70 bits per heavy atom. The van der Waals surface area contributed by atoms with Crippen molar-refractivity contribution in [2.24, 2.45) is 5.92 Å². The highest BCUT2D eigenvalue weighted by molar-refractivity contribution is 6.02. The van der Waals surface area contributed by atoms with Gasteiger partial charge in [0.1, 0.15) is 12.2 Å². The van der Waals surface area contributed by atoms with Crippen molar-refractivity contribution in [3.05, 3.63) is 12.2 Å². The van der Waals surface area contributed by atoms with Crippen molar-refractivity contribution in [3.8, 4) is 0 Å². The lowest BCUT2D eigenvalue weighted by Gasteiger charge is -2.06. The zero-order chi connectivity index (χ0) is 7.56. The number of rotatable bonds is 1. The standard InChI is InChI=1S/C6H4O4/c7-3-4-1-2-5(8)10-6(4)9/h1-4H. The molecule has 1 heterocycles. The third-order valence-electron chi connectivity index (χ3n) is 1.06. The highest BCUT2D eigenvalue weighted by Crippen LogP contribution is 2.04. The zero-order valence-electron chi connectivity index (χ0n) is 4.94. The summed E-state index contributed by atoms with van der Waals surface area (Å²) in [7, 11) is 0. The van der Waals surface area contributed by atoms with E-state index in [9.17, 15) is 14.4 Å². The highest BCUT2D eigenvalue weighted by Gasteiger charge is 2.22. The second kappa shape index (κ2) is 2.43. The molecule has 0 bridgehead atoms.